The quantitative estimate of drug-likeness (QED) is 0.238. The fraction of sp³-hybridized carbons (Fsp3) is 0.222. The van der Waals surface area contributed by atoms with Crippen molar-refractivity contribution in [2.75, 3.05) is 0 Å². The molecule has 4 aromatic rings. The predicted octanol–water partition coefficient (Wildman–Crippen LogP) is 5.03. The number of carbonyl (C=O) groups excluding carboxylic acids is 1. The van der Waals surface area contributed by atoms with Crippen LogP contribution in [0.4, 0.5) is 0 Å². The molecule has 0 amide bonds. The van der Waals surface area contributed by atoms with Gasteiger partial charge in [0.2, 0.25) is 0 Å². The molecular formula is C27H26N2O4. The SMILES string of the molecule is Cc1ccc(Cn2nc(C)c(/C=C/C(=O)OCc3cc(=O)oc4cc(C)ccc34)c2C)cc1. The van der Waals surface area contributed by atoms with Gasteiger partial charge in [-0.25, -0.2) is 9.59 Å². The summed E-state index contributed by atoms with van der Waals surface area (Å²) in [6.07, 6.45) is 3.12. The smallest absolute Gasteiger partial charge is 0.336 e. The number of benzene rings is 2. The molecule has 0 aliphatic rings. The molecular weight excluding hydrogens is 416 g/mol. The number of esters is 1. The summed E-state index contributed by atoms with van der Waals surface area (Å²) in [7, 11) is 0. The van der Waals surface area contributed by atoms with Gasteiger partial charge in [0.25, 0.3) is 0 Å². The molecule has 0 saturated heterocycles. The molecule has 33 heavy (non-hydrogen) atoms. The number of hydrogen-bond donors (Lipinski definition) is 0. The number of nitrogens with zero attached hydrogens (tertiary/aromatic N) is 2. The Bertz CT molecular complexity index is 1410. The van der Waals surface area contributed by atoms with Crippen molar-refractivity contribution in [2.24, 2.45) is 0 Å². The van der Waals surface area contributed by atoms with Crippen LogP contribution in [-0.2, 0) is 22.7 Å². The van der Waals surface area contributed by atoms with E-state index in [0.29, 0.717) is 17.7 Å². The maximum Gasteiger partial charge on any atom is 0.336 e. The van der Waals surface area contributed by atoms with E-state index in [-0.39, 0.29) is 6.61 Å². The number of aryl methyl sites for hydroxylation is 3. The zero-order chi connectivity index (χ0) is 23.5. The maximum atomic E-state index is 12.4. The van der Waals surface area contributed by atoms with E-state index in [9.17, 15) is 9.59 Å². The van der Waals surface area contributed by atoms with Gasteiger partial charge < -0.3 is 9.15 Å². The lowest BCUT2D eigenvalue weighted by Gasteiger charge is -2.06. The lowest BCUT2D eigenvalue weighted by Crippen LogP contribution is -2.06. The summed E-state index contributed by atoms with van der Waals surface area (Å²) in [5.74, 6) is -0.492. The third-order valence-electron chi connectivity index (χ3n) is 5.63. The number of ether oxygens (including phenoxy) is 1. The normalized spacial score (nSPS) is 11.4. The van der Waals surface area contributed by atoms with Crippen LogP contribution < -0.4 is 5.63 Å². The Balaban J connectivity index is 1.46. The van der Waals surface area contributed by atoms with Crippen molar-refractivity contribution in [3.8, 4) is 0 Å². The summed E-state index contributed by atoms with van der Waals surface area (Å²) in [6, 6.07) is 15.3. The Morgan fingerprint density at radius 1 is 1.03 bits per heavy atom. The monoisotopic (exact) mass is 442 g/mol. The standard InChI is InChI=1S/C27H26N2O4/c1-17-5-8-21(9-6-17)15-29-20(4)23(19(3)28-29)11-12-26(30)32-16-22-14-27(31)33-25-13-18(2)7-10-24(22)25/h5-14H,15-16H2,1-4H3/b12-11+. The van der Waals surface area contributed by atoms with Crippen molar-refractivity contribution >= 4 is 23.0 Å². The maximum absolute atomic E-state index is 12.4. The van der Waals surface area contributed by atoms with Crippen molar-refractivity contribution in [1.29, 1.82) is 0 Å². The topological polar surface area (TPSA) is 74.3 Å². The molecule has 0 aliphatic carbocycles. The first-order valence-electron chi connectivity index (χ1n) is 10.8. The molecule has 0 bridgehead atoms. The Hall–Kier alpha value is -3.93. The van der Waals surface area contributed by atoms with Gasteiger partial charge in [-0.2, -0.15) is 5.10 Å². The van der Waals surface area contributed by atoms with Gasteiger partial charge in [0.15, 0.2) is 0 Å². The van der Waals surface area contributed by atoms with Crippen LogP contribution in [0.2, 0.25) is 0 Å². The van der Waals surface area contributed by atoms with E-state index in [2.05, 4.69) is 36.3 Å². The van der Waals surface area contributed by atoms with Gasteiger partial charge in [0.1, 0.15) is 12.2 Å². The van der Waals surface area contributed by atoms with Crippen molar-refractivity contribution in [1.82, 2.24) is 9.78 Å². The Morgan fingerprint density at radius 3 is 2.52 bits per heavy atom. The largest absolute Gasteiger partial charge is 0.458 e. The molecule has 6 nitrogen and oxygen atoms in total. The van der Waals surface area contributed by atoms with Crippen molar-refractivity contribution in [3.05, 3.63) is 104 Å². The molecule has 0 aliphatic heterocycles. The predicted molar refractivity (Wildman–Crippen MR) is 128 cm³/mol. The summed E-state index contributed by atoms with van der Waals surface area (Å²) < 4.78 is 12.6. The Morgan fingerprint density at radius 2 is 1.76 bits per heavy atom. The van der Waals surface area contributed by atoms with Gasteiger partial charge in [-0.3, -0.25) is 4.68 Å². The van der Waals surface area contributed by atoms with E-state index in [0.717, 1.165) is 33.5 Å². The first kappa shape index (κ1) is 22.3. The van der Waals surface area contributed by atoms with Gasteiger partial charge in [-0.05, 0) is 51.0 Å². The van der Waals surface area contributed by atoms with E-state index >= 15 is 0 Å². The number of fused-ring (bicyclic) bond motifs is 1. The van der Waals surface area contributed by atoms with Crippen molar-refractivity contribution < 1.29 is 13.9 Å². The van der Waals surface area contributed by atoms with Crippen molar-refractivity contribution in [3.63, 3.8) is 0 Å². The molecule has 0 N–H and O–H groups in total. The minimum atomic E-state index is -0.492. The van der Waals surface area contributed by atoms with Crippen LogP contribution in [0.15, 0.2) is 63.8 Å². The highest BCUT2D eigenvalue weighted by Gasteiger charge is 2.11. The zero-order valence-corrected chi connectivity index (χ0v) is 19.2. The molecule has 0 spiro atoms. The van der Waals surface area contributed by atoms with Gasteiger partial charge in [0.05, 0.1) is 12.2 Å². The number of rotatable bonds is 6. The molecule has 2 aromatic heterocycles. The fourth-order valence-electron chi connectivity index (χ4n) is 3.78. The molecule has 0 saturated carbocycles. The van der Waals surface area contributed by atoms with E-state index in [4.69, 9.17) is 9.15 Å². The summed E-state index contributed by atoms with van der Waals surface area (Å²) in [4.78, 5) is 24.2. The molecule has 0 unspecified atom stereocenters. The third kappa shape index (κ3) is 5.12. The van der Waals surface area contributed by atoms with Crippen LogP contribution in [0, 0.1) is 27.7 Å². The van der Waals surface area contributed by atoms with Gasteiger partial charge >= 0.3 is 11.6 Å². The van der Waals surface area contributed by atoms with Crippen LogP contribution in [0.3, 0.4) is 0 Å². The van der Waals surface area contributed by atoms with Crippen LogP contribution in [-0.4, -0.2) is 15.7 Å². The lowest BCUT2D eigenvalue weighted by atomic mass is 10.1. The molecule has 0 atom stereocenters. The summed E-state index contributed by atoms with van der Waals surface area (Å²) in [6.45, 7) is 8.53. The summed E-state index contributed by atoms with van der Waals surface area (Å²) in [5, 5.41) is 5.37. The Labute approximate surface area is 192 Å². The average Bonchev–Trinajstić information content (AvgIpc) is 3.04. The van der Waals surface area contributed by atoms with Crippen LogP contribution in [0.5, 0.6) is 0 Å². The molecule has 6 heteroatoms. The van der Waals surface area contributed by atoms with Gasteiger partial charge in [-0.15, -0.1) is 0 Å². The van der Waals surface area contributed by atoms with E-state index in [1.54, 1.807) is 12.1 Å². The Kier molecular flexibility index (Phi) is 6.27. The number of hydrogen-bond acceptors (Lipinski definition) is 5. The molecule has 0 radical (unpaired) electrons. The number of aromatic nitrogens is 2. The molecule has 2 heterocycles. The third-order valence-corrected chi connectivity index (χ3v) is 5.63. The second-order valence-corrected chi connectivity index (χ2v) is 8.26. The molecule has 0 fully saturated rings. The van der Waals surface area contributed by atoms with E-state index in [1.165, 1.54) is 17.7 Å². The summed E-state index contributed by atoms with van der Waals surface area (Å²) >= 11 is 0. The highest BCUT2D eigenvalue weighted by atomic mass is 16.5. The van der Waals surface area contributed by atoms with Crippen LogP contribution >= 0.6 is 0 Å². The minimum absolute atomic E-state index is 0.0149. The number of carbonyl (C=O) groups is 1. The van der Waals surface area contributed by atoms with Gasteiger partial charge in [0, 0.05) is 34.3 Å². The second kappa shape index (κ2) is 9.28. The molecule has 168 valence electrons. The van der Waals surface area contributed by atoms with Crippen molar-refractivity contribution in [2.45, 2.75) is 40.8 Å². The highest BCUT2D eigenvalue weighted by molar-refractivity contribution is 5.88. The van der Waals surface area contributed by atoms with Crippen LogP contribution in [0.1, 0.15) is 39.2 Å². The summed E-state index contributed by atoms with van der Waals surface area (Å²) in [5.41, 5.74) is 6.69. The van der Waals surface area contributed by atoms with Crippen LogP contribution in [0.25, 0.3) is 17.0 Å². The first-order chi connectivity index (χ1) is 15.8. The minimum Gasteiger partial charge on any atom is -0.458 e. The van der Waals surface area contributed by atoms with E-state index in [1.807, 2.05) is 37.6 Å². The molecule has 2 aromatic carbocycles. The first-order valence-corrected chi connectivity index (χ1v) is 10.8. The van der Waals surface area contributed by atoms with Gasteiger partial charge in [-0.1, -0.05) is 42.0 Å². The molecule has 4 rings (SSSR count). The highest BCUT2D eigenvalue weighted by Crippen LogP contribution is 2.20. The average molecular weight is 443 g/mol. The lowest BCUT2D eigenvalue weighted by molar-refractivity contribution is -0.138. The zero-order valence-electron chi connectivity index (χ0n) is 19.2. The second-order valence-electron chi connectivity index (χ2n) is 8.26. The fourth-order valence-corrected chi connectivity index (χ4v) is 3.78. The van der Waals surface area contributed by atoms with E-state index < -0.39 is 11.6 Å².